The average molecular weight is 278 g/mol. The lowest BCUT2D eigenvalue weighted by atomic mass is 10.2. The molecule has 0 aliphatic carbocycles. The summed E-state index contributed by atoms with van der Waals surface area (Å²) in [6.45, 7) is 1.81. The van der Waals surface area contributed by atoms with Crippen LogP contribution in [-0.2, 0) is 7.05 Å². The predicted molar refractivity (Wildman–Crippen MR) is 73.6 cm³/mol. The zero-order valence-electron chi connectivity index (χ0n) is 10.5. The Kier molecular flexibility index (Phi) is 3.66. The first kappa shape index (κ1) is 13.3. The van der Waals surface area contributed by atoms with Crippen LogP contribution in [-0.4, -0.2) is 15.7 Å². The molecular weight excluding hydrogens is 266 g/mol. The number of hydrogen-bond donors (Lipinski definition) is 1. The second-order valence-corrected chi connectivity index (χ2v) is 4.45. The van der Waals surface area contributed by atoms with E-state index in [0.29, 0.717) is 10.7 Å². The van der Waals surface area contributed by atoms with Crippen LogP contribution in [0.15, 0.2) is 35.1 Å². The number of aromatic nitrogens is 2. The molecule has 1 N–H and O–H groups in total. The van der Waals surface area contributed by atoms with E-state index in [2.05, 4.69) is 10.4 Å². The third-order valence-electron chi connectivity index (χ3n) is 2.71. The summed E-state index contributed by atoms with van der Waals surface area (Å²) in [4.78, 5) is 23.2. The standard InChI is InChI=1S/C13H12ClN3O2/c1-8-9(14)4-3-5-10(8)15-13(19)11-6-7-12(18)17(2)16-11/h3-7H,1-2H3,(H,15,19). The summed E-state index contributed by atoms with van der Waals surface area (Å²) < 4.78 is 1.11. The molecule has 0 spiro atoms. The fourth-order valence-corrected chi connectivity index (χ4v) is 1.73. The van der Waals surface area contributed by atoms with Gasteiger partial charge in [0.25, 0.3) is 11.5 Å². The third-order valence-corrected chi connectivity index (χ3v) is 3.12. The largest absolute Gasteiger partial charge is 0.320 e. The Morgan fingerprint density at radius 3 is 2.74 bits per heavy atom. The van der Waals surface area contributed by atoms with Crippen LogP contribution < -0.4 is 10.9 Å². The van der Waals surface area contributed by atoms with Crippen LogP contribution in [0.4, 0.5) is 5.69 Å². The van der Waals surface area contributed by atoms with Gasteiger partial charge < -0.3 is 5.32 Å². The van der Waals surface area contributed by atoms with Gasteiger partial charge in [-0.15, -0.1) is 0 Å². The topological polar surface area (TPSA) is 64.0 Å². The van der Waals surface area contributed by atoms with Gasteiger partial charge in [0.15, 0.2) is 0 Å². The average Bonchev–Trinajstić information content (AvgIpc) is 2.38. The number of carbonyl (C=O) groups excluding carboxylic acids is 1. The van der Waals surface area contributed by atoms with Crippen molar-refractivity contribution in [3.05, 3.63) is 57.0 Å². The van der Waals surface area contributed by atoms with Gasteiger partial charge in [-0.2, -0.15) is 5.10 Å². The van der Waals surface area contributed by atoms with Crippen molar-refractivity contribution in [1.82, 2.24) is 9.78 Å². The van der Waals surface area contributed by atoms with E-state index in [1.54, 1.807) is 18.2 Å². The van der Waals surface area contributed by atoms with Crippen molar-refractivity contribution < 1.29 is 4.79 Å². The Balaban J connectivity index is 2.28. The summed E-state index contributed by atoms with van der Waals surface area (Å²) in [6.07, 6.45) is 0. The van der Waals surface area contributed by atoms with Gasteiger partial charge in [0.2, 0.25) is 0 Å². The number of rotatable bonds is 2. The minimum atomic E-state index is -0.388. The first-order chi connectivity index (χ1) is 8.99. The minimum absolute atomic E-state index is 0.168. The lowest BCUT2D eigenvalue weighted by Crippen LogP contribution is -2.23. The summed E-state index contributed by atoms with van der Waals surface area (Å²) in [5.74, 6) is -0.388. The lowest BCUT2D eigenvalue weighted by molar-refractivity contribution is 0.102. The molecule has 0 unspecified atom stereocenters. The van der Waals surface area contributed by atoms with Crippen molar-refractivity contribution in [2.24, 2.45) is 7.05 Å². The smallest absolute Gasteiger partial charge is 0.276 e. The fourth-order valence-electron chi connectivity index (χ4n) is 1.55. The first-order valence-corrected chi connectivity index (χ1v) is 5.97. The van der Waals surface area contributed by atoms with E-state index in [9.17, 15) is 9.59 Å². The molecule has 2 aromatic rings. The van der Waals surface area contributed by atoms with Gasteiger partial charge >= 0.3 is 0 Å². The second-order valence-electron chi connectivity index (χ2n) is 4.05. The SMILES string of the molecule is Cc1c(Cl)cccc1NC(=O)c1ccc(=O)n(C)n1. The Hall–Kier alpha value is -2.14. The van der Waals surface area contributed by atoms with Crippen molar-refractivity contribution >= 4 is 23.2 Å². The van der Waals surface area contributed by atoms with Crippen LogP contribution in [0.25, 0.3) is 0 Å². The molecule has 0 bridgehead atoms. The van der Waals surface area contributed by atoms with E-state index in [1.165, 1.54) is 19.2 Å². The molecule has 2 rings (SSSR count). The van der Waals surface area contributed by atoms with Crippen molar-refractivity contribution in [2.45, 2.75) is 6.92 Å². The molecule has 19 heavy (non-hydrogen) atoms. The molecule has 0 saturated heterocycles. The highest BCUT2D eigenvalue weighted by Crippen LogP contribution is 2.23. The van der Waals surface area contributed by atoms with E-state index < -0.39 is 0 Å². The van der Waals surface area contributed by atoms with Crippen LogP contribution in [0.5, 0.6) is 0 Å². The number of carbonyl (C=O) groups is 1. The van der Waals surface area contributed by atoms with E-state index in [1.807, 2.05) is 6.92 Å². The van der Waals surface area contributed by atoms with Crippen LogP contribution in [0, 0.1) is 6.92 Å². The van der Waals surface area contributed by atoms with Crippen LogP contribution in [0.1, 0.15) is 16.1 Å². The lowest BCUT2D eigenvalue weighted by Gasteiger charge is -2.09. The molecule has 1 aromatic heterocycles. The number of nitrogens with zero attached hydrogens (tertiary/aromatic N) is 2. The number of halogens is 1. The van der Waals surface area contributed by atoms with E-state index >= 15 is 0 Å². The maximum absolute atomic E-state index is 12.0. The van der Waals surface area contributed by atoms with E-state index in [-0.39, 0.29) is 17.2 Å². The van der Waals surface area contributed by atoms with E-state index in [4.69, 9.17) is 11.6 Å². The molecule has 5 nitrogen and oxygen atoms in total. The maximum atomic E-state index is 12.0. The molecule has 98 valence electrons. The van der Waals surface area contributed by atoms with Crippen molar-refractivity contribution in [3.8, 4) is 0 Å². The number of aryl methyl sites for hydroxylation is 1. The minimum Gasteiger partial charge on any atom is -0.320 e. The quantitative estimate of drug-likeness (QED) is 0.913. The molecule has 1 heterocycles. The highest BCUT2D eigenvalue weighted by Gasteiger charge is 2.11. The molecule has 0 radical (unpaired) electrons. The Morgan fingerprint density at radius 1 is 1.32 bits per heavy atom. The summed E-state index contributed by atoms with van der Waals surface area (Å²) in [5, 5.41) is 7.17. The number of amides is 1. The third kappa shape index (κ3) is 2.82. The van der Waals surface area contributed by atoms with Crippen LogP contribution in [0.3, 0.4) is 0 Å². The molecule has 0 aliphatic heterocycles. The second kappa shape index (κ2) is 5.24. The molecule has 0 atom stereocenters. The number of benzene rings is 1. The Morgan fingerprint density at radius 2 is 2.05 bits per heavy atom. The van der Waals surface area contributed by atoms with Gasteiger partial charge in [-0.05, 0) is 30.7 Å². The molecule has 0 fully saturated rings. The first-order valence-electron chi connectivity index (χ1n) is 5.60. The highest BCUT2D eigenvalue weighted by atomic mass is 35.5. The Bertz CT molecular complexity index is 695. The van der Waals surface area contributed by atoms with Crippen molar-refractivity contribution in [2.75, 3.05) is 5.32 Å². The molecule has 0 aliphatic rings. The predicted octanol–water partition coefficient (Wildman–Crippen LogP) is 1.99. The number of nitrogens with one attached hydrogen (secondary N) is 1. The van der Waals surface area contributed by atoms with Crippen molar-refractivity contribution in [1.29, 1.82) is 0 Å². The van der Waals surface area contributed by atoms with Gasteiger partial charge in [0.05, 0.1) is 0 Å². The molecule has 0 saturated carbocycles. The summed E-state index contributed by atoms with van der Waals surface area (Å²) >= 11 is 5.98. The van der Waals surface area contributed by atoms with Crippen LogP contribution in [0.2, 0.25) is 5.02 Å². The molecule has 1 aromatic carbocycles. The zero-order chi connectivity index (χ0) is 14.0. The van der Waals surface area contributed by atoms with Gasteiger partial charge in [-0.3, -0.25) is 9.59 Å². The summed E-state index contributed by atoms with van der Waals surface area (Å²) in [6, 6.07) is 7.93. The summed E-state index contributed by atoms with van der Waals surface area (Å²) in [7, 11) is 1.49. The highest BCUT2D eigenvalue weighted by molar-refractivity contribution is 6.31. The Labute approximate surface area is 114 Å². The van der Waals surface area contributed by atoms with Gasteiger partial charge in [-0.25, -0.2) is 4.68 Å². The normalized spacial score (nSPS) is 10.3. The van der Waals surface area contributed by atoms with Gasteiger partial charge in [0, 0.05) is 23.8 Å². The number of anilines is 1. The van der Waals surface area contributed by atoms with Gasteiger partial charge in [0.1, 0.15) is 5.69 Å². The fraction of sp³-hybridized carbons (Fsp3) is 0.154. The number of hydrogen-bond acceptors (Lipinski definition) is 3. The molecular formula is C13H12ClN3O2. The maximum Gasteiger partial charge on any atom is 0.276 e. The molecule has 6 heteroatoms. The van der Waals surface area contributed by atoms with E-state index in [0.717, 1.165) is 10.2 Å². The van der Waals surface area contributed by atoms with Gasteiger partial charge in [-0.1, -0.05) is 17.7 Å². The molecule has 1 amide bonds. The summed E-state index contributed by atoms with van der Waals surface area (Å²) in [5.41, 5.74) is 1.30. The zero-order valence-corrected chi connectivity index (χ0v) is 11.2. The van der Waals surface area contributed by atoms with Crippen molar-refractivity contribution in [3.63, 3.8) is 0 Å². The van der Waals surface area contributed by atoms with Crippen LogP contribution >= 0.6 is 11.6 Å². The monoisotopic (exact) mass is 277 g/mol.